The summed E-state index contributed by atoms with van der Waals surface area (Å²) < 4.78 is 26.9. The van der Waals surface area contributed by atoms with Gasteiger partial charge in [0.2, 0.25) is 5.13 Å². The molecule has 0 aliphatic rings. The summed E-state index contributed by atoms with van der Waals surface area (Å²) in [6, 6.07) is 3.60. The lowest BCUT2D eigenvalue weighted by Gasteiger charge is -2.11. The normalized spacial score (nSPS) is 11.1. The highest BCUT2D eigenvalue weighted by molar-refractivity contribution is 7.93. The molecule has 11 heteroatoms. The first kappa shape index (κ1) is 15.1. The fourth-order valence-corrected chi connectivity index (χ4v) is 3.47. The maximum absolute atomic E-state index is 12.3. The Morgan fingerprint density at radius 1 is 1.43 bits per heavy atom. The standard InChI is InChI=1S/C10H11N5O4S2/c1-2-11-8-4-3-7(15(16)17)5-9(8)21(18,19)14-10-13-12-6-20-10/h3-6,11H,2H2,1H3,(H,13,14). The highest BCUT2D eigenvalue weighted by Crippen LogP contribution is 2.28. The fraction of sp³-hybridized carbons (Fsp3) is 0.200. The predicted octanol–water partition coefficient (Wildman–Crippen LogP) is 1.68. The van der Waals surface area contributed by atoms with Crippen molar-refractivity contribution in [3.8, 4) is 0 Å². The average Bonchev–Trinajstić information content (AvgIpc) is 2.91. The van der Waals surface area contributed by atoms with Crippen LogP contribution in [0.2, 0.25) is 0 Å². The first-order chi connectivity index (χ1) is 9.94. The van der Waals surface area contributed by atoms with Crippen molar-refractivity contribution < 1.29 is 13.3 Å². The summed E-state index contributed by atoms with van der Waals surface area (Å²) >= 11 is 1.01. The van der Waals surface area contributed by atoms with Gasteiger partial charge in [0.1, 0.15) is 10.4 Å². The van der Waals surface area contributed by atoms with Gasteiger partial charge in [-0.25, -0.2) is 8.42 Å². The largest absolute Gasteiger partial charge is 0.384 e. The van der Waals surface area contributed by atoms with Gasteiger partial charge in [0.15, 0.2) is 0 Å². The van der Waals surface area contributed by atoms with E-state index in [-0.39, 0.29) is 21.4 Å². The van der Waals surface area contributed by atoms with Crippen molar-refractivity contribution in [2.75, 3.05) is 16.6 Å². The summed E-state index contributed by atoms with van der Waals surface area (Å²) in [4.78, 5) is 9.95. The second-order valence-electron chi connectivity index (χ2n) is 3.82. The van der Waals surface area contributed by atoms with Crippen molar-refractivity contribution in [2.24, 2.45) is 0 Å². The van der Waals surface area contributed by atoms with Crippen molar-refractivity contribution >= 4 is 37.9 Å². The Bertz CT molecular complexity index is 745. The Hall–Kier alpha value is -2.27. The van der Waals surface area contributed by atoms with E-state index in [1.165, 1.54) is 17.6 Å². The number of nitro benzene ring substituents is 1. The van der Waals surface area contributed by atoms with Gasteiger partial charge in [-0.3, -0.25) is 14.8 Å². The molecule has 2 rings (SSSR count). The van der Waals surface area contributed by atoms with Gasteiger partial charge in [0.25, 0.3) is 15.7 Å². The molecule has 0 bridgehead atoms. The Balaban J connectivity index is 2.48. The molecule has 112 valence electrons. The maximum Gasteiger partial charge on any atom is 0.270 e. The van der Waals surface area contributed by atoms with Crippen molar-refractivity contribution in [1.29, 1.82) is 0 Å². The number of hydrogen-bond donors (Lipinski definition) is 2. The van der Waals surface area contributed by atoms with Crippen molar-refractivity contribution in [3.63, 3.8) is 0 Å². The smallest absolute Gasteiger partial charge is 0.270 e. The molecule has 0 aliphatic heterocycles. The van der Waals surface area contributed by atoms with Crippen LogP contribution >= 0.6 is 11.3 Å². The molecular formula is C10H11N5O4S2. The molecule has 0 saturated heterocycles. The summed E-state index contributed by atoms with van der Waals surface area (Å²) in [7, 11) is -4.00. The van der Waals surface area contributed by atoms with E-state index < -0.39 is 14.9 Å². The van der Waals surface area contributed by atoms with E-state index in [1.54, 1.807) is 6.92 Å². The van der Waals surface area contributed by atoms with Crippen LogP contribution in [-0.2, 0) is 10.0 Å². The van der Waals surface area contributed by atoms with E-state index in [1.807, 2.05) is 0 Å². The van der Waals surface area contributed by atoms with E-state index in [9.17, 15) is 18.5 Å². The van der Waals surface area contributed by atoms with Crippen LogP contribution in [0.25, 0.3) is 0 Å². The van der Waals surface area contributed by atoms with Crippen LogP contribution in [0.3, 0.4) is 0 Å². The van der Waals surface area contributed by atoms with Gasteiger partial charge in [-0.2, -0.15) is 0 Å². The zero-order valence-corrected chi connectivity index (χ0v) is 12.4. The minimum absolute atomic E-state index is 0.0870. The van der Waals surface area contributed by atoms with Gasteiger partial charge in [0, 0.05) is 18.7 Å². The number of aromatic nitrogens is 2. The predicted molar refractivity (Wildman–Crippen MR) is 78.0 cm³/mol. The molecule has 1 aromatic heterocycles. The minimum atomic E-state index is -4.00. The van der Waals surface area contributed by atoms with Gasteiger partial charge in [-0.15, -0.1) is 10.2 Å². The van der Waals surface area contributed by atoms with Gasteiger partial charge >= 0.3 is 0 Å². The molecule has 0 fully saturated rings. The van der Waals surface area contributed by atoms with E-state index >= 15 is 0 Å². The maximum atomic E-state index is 12.3. The number of non-ortho nitro benzene ring substituents is 1. The molecule has 0 spiro atoms. The molecule has 1 aromatic carbocycles. The van der Waals surface area contributed by atoms with E-state index in [0.29, 0.717) is 6.54 Å². The molecule has 0 atom stereocenters. The van der Waals surface area contributed by atoms with E-state index in [4.69, 9.17) is 0 Å². The second kappa shape index (κ2) is 6.01. The Morgan fingerprint density at radius 3 is 2.76 bits per heavy atom. The summed E-state index contributed by atoms with van der Waals surface area (Å²) in [5.74, 6) is 0. The van der Waals surface area contributed by atoms with Crippen LogP contribution in [-0.4, -0.2) is 30.1 Å². The first-order valence-corrected chi connectivity index (χ1v) is 8.11. The number of anilines is 2. The second-order valence-corrected chi connectivity index (χ2v) is 6.30. The topological polar surface area (TPSA) is 127 Å². The van der Waals surface area contributed by atoms with Gasteiger partial charge in [-0.1, -0.05) is 11.3 Å². The summed E-state index contributed by atoms with van der Waals surface area (Å²) in [6.07, 6.45) is 0. The third-order valence-corrected chi connectivity index (χ3v) is 4.53. The summed E-state index contributed by atoms with van der Waals surface area (Å²) in [5, 5.41) is 20.9. The van der Waals surface area contributed by atoms with E-state index in [0.717, 1.165) is 17.4 Å². The van der Waals surface area contributed by atoms with Crippen molar-refractivity contribution in [2.45, 2.75) is 11.8 Å². The number of benzene rings is 1. The summed E-state index contributed by atoms with van der Waals surface area (Å²) in [6.45, 7) is 2.26. The molecule has 2 N–H and O–H groups in total. The molecule has 21 heavy (non-hydrogen) atoms. The van der Waals surface area contributed by atoms with Crippen LogP contribution < -0.4 is 10.0 Å². The highest BCUT2D eigenvalue weighted by Gasteiger charge is 2.23. The minimum Gasteiger partial charge on any atom is -0.384 e. The Labute approximate surface area is 124 Å². The molecule has 0 aliphatic carbocycles. The third kappa shape index (κ3) is 3.44. The molecule has 0 saturated carbocycles. The van der Waals surface area contributed by atoms with Gasteiger partial charge < -0.3 is 5.32 Å². The Morgan fingerprint density at radius 2 is 2.19 bits per heavy atom. The van der Waals surface area contributed by atoms with Crippen LogP contribution in [0.4, 0.5) is 16.5 Å². The first-order valence-electron chi connectivity index (χ1n) is 5.75. The van der Waals surface area contributed by atoms with Crippen molar-refractivity contribution in [1.82, 2.24) is 10.2 Å². The van der Waals surface area contributed by atoms with Crippen LogP contribution in [0.1, 0.15) is 6.92 Å². The lowest BCUT2D eigenvalue weighted by Crippen LogP contribution is -2.15. The van der Waals surface area contributed by atoms with Gasteiger partial charge in [0.05, 0.1) is 10.6 Å². The lowest BCUT2D eigenvalue weighted by atomic mass is 10.3. The monoisotopic (exact) mass is 329 g/mol. The van der Waals surface area contributed by atoms with Crippen LogP contribution in [0.5, 0.6) is 0 Å². The number of sulfonamides is 1. The number of nitro groups is 1. The van der Waals surface area contributed by atoms with Crippen LogP contribution in [0, 0.1) is 10.1 Å². The Kier molecular flexibility index (Phi) is 4.33. The molecule has 0 unspecified atom stereocenters. The number of nitrogens with zero attached hydrogens (tertiary/aromatic N) is 3. The molecular weight excluding hydrogens is 318 g/mol. The number of hydrogen-bond acceptors (Lipinski definition) is 8. The fourth-order valence-electron chi connectivity index (χ4n) is 1.57. The van der Waals surface area contributed by atoms with Crippen molar-refractivity contribution in [3.05, 3.63) is 33.8 Å². The average molecular weight is 329 g/mol. The molecule has 2 aromatic rings. The third-order valence-electron chi connectivity index (χ3n) is 2.41. The van der Waals surface area contributed by atoms with E-state index in [2.05, 4.69) is 20.2 Å². The van der Waals surface area contributed by atoms with Crippen LogP contribution in [0.15, 0.2) is 28.6 Å². The molecule has 0 radical (unpaired) electrons. The highest BCUT2D eigenvalue weighted by atomic mass is 32.2. The quantitative estimate of drug-likeness (QED) is 0.609. The lowest BCUT2D eigenvalue weighted by molar-refractivity contribution is -0.385. The summed E-state index contributed by atoms with van der Waals surface area (Å²) in [5.41, 5.74) is 1.34. The van der Waals surface area contributed by atoms with Gasteiger partial charge in [-0.05, 0) is 13.0 Å². The molecule has 0 amide bonds. The SMILES string of the molecule is CCNc1ccc([N+](=O)[O-])cc1S(=O)(=O)Nc1nncs1. The molecule has 9 nitrogen and oxygen atoms in total. The zero-order valence-electron chi connectivity index (χ0n) is 10.8. The zero-order chi connectivity index (χ0) is 15.5. The number of rotatable bonds is 6. The number of nitrogens with one attached hydrogen (secondary N) is 2. The molecule has 1 heterocycles.